The molecule has 0 fully saturated rings. The SMILES string of the molecule is CS(=O)(=O)N(CC(=O)Nc1ccc(Br)cc1F)c1ccccc1Br. The number of amides is 1. The highest BCUT2D eigenvalue weighted by molar-refractivity contribution is 9.10. The van der Waals surface area contributed by atoms with Crippen LogP contribution >= 0.6 is 31.9 Å². The molecule has 0 spiro atoms. The van der Waals surface area contributed by atoms with Gasteiger partial charge < -0.3 is 5.32 Å². The molecule has 0 atom stereocenters. The molecule has 2 rings (SSSR count). The van der Waals surface area contributed by atoms with Crippen LogP contribution in [0, 0.1) is 5.82 Å². The summed E-state index contributed by atoms with van der Waals surface area (Å²) in [5.74, 6) is -1.28. The highest BCUT2D eigenvalue weighted by Gasteiger charge is 2.23. The third kappa shape index (κ3) is 4.78. The zero-order valence-electron chi connectivity index (χ0n) is 12.5. The molecule has 128 valence electrons. The number of carbonyl (C=O) groups excluding carboxylic acids is 1. The Bertz CT molecular complexity index is 875. The van der Waals surface area contributed by atoms with Crippen molar-refractivity contribution >= 4 is 59.2 Å². The molecule has 0 heterocycles. The van der Waals surface area contributed by atoms with Gasteiger partial charge in [-0.2, -0.15) is 0 Å². The Morgan fingerprint density at radius 3 is 2.46 bits per heavy atom. The lowest BCUT2D eigenvalue weighted by Gasteiger charge is -2.23. The molecule has 2 aromatic carbocycles. The molecule has 0 aliphatic heterocycles. The zero-order chi connectivity index (χ0) is 17.9. The van der Waals surface area contributed by atoms with Crippen LogP contribution in [0.4, 0.5) is 15.8 Å². The second-order valence-electron chi connectivity index (χ2n) is 4.89. The number of hydrogen-bond acceptors (Lipinski definition) is 3. The Labute approximate surface area is 156 Å². The predicted molar refractivity (Wildman–Crippen MR) is 99.1 cm³/mol. The molecule has 1 amide bonds. The summed E-state index contributed by atoms with van der Waals surface area (Å²) in [5.41, 5.74) is 0.301. The van der Waals surface area contributed by atoms with E-state index in [0.29, 0.717) is 14.6 Å². The van der Waals surface area contributed by atoms with E-state index in [2.05, 4.69) is 37.2 Å². The first-order chi connectivity index (χ1) is 11.2. The number of halogens is 3. The number of hydrogen-bond donors (Lipinski definition) is 1. The van der Waals surface area contributed by atoms with Crippen molar-refractivity contribution in [3.05, 3.63) is 57.2 Å². The number of sulfonamides is 1. The van der Waals surface area contributed by atoms with Crippen LogP contribution in [0.1, 0.15) is 0 Å². The zero-order valence-corrected chi connectivity index (χ0v) is 16.5. The summed E-state index contributed by atoms with van der Waals surface area (Å²) in [5, 5.41) is 2.37. The van der Waals surface area contributed by atoms with Gasteiger partial charge in [-0.05, 0) is 46.3 Å². The Balaban J connectivity index is 2.24. The quantitative estimate of drug-likeness (QED) is 0.710. The van der Waals surface area contributed by atoms with E-state index in [9.17, 15) is 17.6 Å². The number of anilines is 2. The first-order valence-corrected chi connectivity index (χ1v) is 10.1. The molecule has 0 saturated heterocycles. The van der Waals surface area contributed by atoms with Gasteiger partial charge in [0, 0.05) is 8.95 Å². The fraction of sp³-hybridized carbons (Fsp3) is 0.133. The minimum absolute atomic E-state index is 0.0243. The fourth-order valence-electron chi connectivity index (χ4n) is 1.95. The maximum atomic E-state index is 13.8. The van der Waals surface area contributed by atoms with Crippen LogP contribution < -0.4 is 9.62 Å². The van der Waals surface area contributed by atoms with Gasteiger partial charge in [0.15, 0.2) is 0 Å². The summed E-state index contributed by atoms with van der Waals surface area (Å²) in [6, 6.07) is 10.8. The minimum Gasteiger partial charge on any atom is -0.322 e. The van der Waals surface area contributed by atoms with Gasteiger partial charge in [-0.1, -0.05) is 28.1 Å². The first-order valence-electron chi connectivity index (χ1n) is 6.65. The van der Waals surface area contributed by atoms with E-state index in [-0.39, 0.29) is 5.69 Å². The summed E-state index contributed by atoms with van der Waals surface area (Å²) in [6.45, 7) is -0.475. The van der Waals surface area contributed by atoms with E-state index in [1.54, 1.807) is 30.3 Å². The molecule has 5 nitrogen and oxygen atoms in total. The second-order valence-corrected chi connectivity index (χ2v) is 8.57. The largest absolute Gasteiger partial charge is 0.322 e. The molecular formula is C15H13Br2FN2O3S. The van der Waals surface area contributed by atoms with Gasteiger partial charge >= 0.3 is 0 Å². The maximum absolute atomic E-state index is 13.8. The highest BCUT2D eigenvalue weighted by Crippen LogP contribution is 2.27. The Kier molecular flexibility index (Phi) is 6.00. The summed E-state index contributed by atoms with van der Waals surface area (Å²) in [4.78, 5) is 12.2. The van der Waals surface area contributed by atoms with E-state index >= 15 is 0 Å². The lowest BCUT2D eigenvalue weighted by Crippen LogP contribution is -2.37. The van der Waals surface area contributed by atoms with Crippen molar-refractivity contribution in [1.82, 2.24) is 0 Å². The minimum atomic E-state index is -3.70. The van der Waals surface area contributed by atoms with Gasteiger partial charge in [-0.25, -0.2) is 12.8 Å². The summed E-state index contributed by atoms with van der Waals surface area (Å²) in [7, 11) is -3.70. The van der Waals surface area contributed by atoms with Crippen LogP contribution in [0.2, 0.25) is 0 Å². The molecule has 0 radical (unpaired) electrons. The van der Waals surface area contributed by atoms with Gasteiger partial charge in [-0.3, -0.25) is 9.10 Å². The topological polar surface area (TPSA) is 66.5 Å². The number of nitrogens with zero attached hydrogens (tertiary/aromatic N) is 1. The smallest absolute Gasteiger partial charge is 0.245 e. The van der Waals surface area contributed by atoms with Crippen LogP contribution in [-0.4, -0.2) is 27.1 Å². The Morgan fingerprint density at radius 1 is 1.21 bits per heavy atom. The standard InChI is InChI=1S/C15H13Br2FN2O3S/c1-24(22,23)20(14-5-3-2-4-11(14)17)9-15(21)19-13-7-6-10(16)8-12(13)18/h2-8H,9H2,1H3,(H,19,21). The molecule has 0 bridgehead atoms. The maximum Gasteiger partial charge on any atom is 0.245 e. The van der Waals surface area contributed by atoms with Crippen molar-refractivity contribution in [2.75, 3.05) is 22.4 Å². The first kappa shape index (κ1) is 18.9. The molecule has 24 heavy (non-hydrogen) atoms. The van der Waals surface area contributed by atoms with E-state index < -0.39 is 28.3 Å². The van der Waals surface area contributed by atoms with Crippen molar-refractivity contribution in [2.24, 2.45) is 0 Å². The van der Waals surface area contributed by atoms with Crippen LogP contribution in [-0.2, 0) is 14.8 Å². The van der Waals surface area contributed by atoms with Gasteiger partial charge in [0.2, 0.25) is 15.9 Å². The summed E-state index contributed by atoms with van der Waals surface area (Å²) in [6.07, 6.45) is 1.000. The van der Waals surface area contributed by atoms with Crippen molar-refractivity contribution in [2.45, 2.75) is 0 Å². The van der Waals surface area contributed by atoms with E-state index in [0.717, 1.165) is 10.6 Å². The van der Waals surface area contributed by atoms with E-state index in [4.69, 9.17) is 0 Å². The molecule has 2 aromatic rings. The third-order valence-corrected chi connectivity index (χ3v) is 5.30. The molecule has 0 saturated carbocycles. The Hall–Kier alpha value is -1.45. The van der Waals surface area contributed by atoms with Gasteiger partial charge in [-0.15, -0.1) is 0 Å². The van der Waals surface area contributed by atoms with E-state index in [1.807, 2.05) is 0 Å². The number of para-hydroxylation sites is 1. The van der Waals surface area contributed by atoms with Gasteiger partial charge in [0.1, 0.15) is 12.4 Å². The number of rotatable bonds is 5. The summed E-state index contributed by atoms with van der Waals surface area (Å²) < 4.78 is 39.8. The number of nitrogens with one attached hydrogen (secondary N) is 1. The lowest BCUT2D eigenvalue weighted by molar-refractivity contribution is -0.114. The average molecular weight is 480 g/mol. The highest BCUT2D eigenvalue weighted by atomic mass is 79.9. The van der Waals surface area contributed by atoms with Crippen LogP contribution in [0.3, 0.4) is 0 Å². The van der Waals surface area contributed by atoms with Gasteiger partial charge in [0.25, 0.3) is 0 Å². The van der Waals surface area contributed by atoms with Crippen molar-refractivity contribution < 1.29 is 17.6 Å². The van der Waals surface area contributed by atoms with Crippen molar-refractivity contribution in [1.29, 1.82) is 0 Å². The summed E-state index contributed by atoms with van der Waals surface area (Å²) >= 11 is 6.38. The predicted octanol–water partition coefficient (Wildman–Crippen LogP) is 3.76. The average Bonchev–Trinajstić information content (AvgIpc) is 2.47. The normalized spacial score (nSPS) is 11.2. The van der Waals surface area contributed by atoms with Gasteiger partial charge in [0.05, 0.1) is 17.6 Å². The molecule has 0 aliphatic carbocycles. The third-order valence-electron chi connectivity index (χ3n) is 3.01. The number of benzene rings is 2. The van der Waals surface area contributed by atoms with Crippen LogP contribution in [0.5, 0.6) is 0 Å². The fourth-order valence-corrected chi connectivity index (χ4v) is 3.76. The number of carbonyl (C=O) groups is 1. The van der Waals surface area contributed by atoms with Crippen molar-refractivity contribution in [3.8, 4) is 0 Å². The lowest BCUT2D eigenvalue weighted by atomic mass is 10.3. The molecule has 9 heteroatoms. The van der Waals surface area contributed by atoms with E-state index in [1.165, 1.54) is 12.1 Å². The molecule has 0 aromatic heterocycles. The van der Waals surface area contributed by atoms with Crippen molar-refractivity contribution in [3.63, 3.8) is 0 Å². The van der Waals surface area contributed by atoms with Crippen LogP contribution in [0.15, 0.2) is 51.4 Å². The molecular weight excluding hydrogens is 467 g/mol. The van der Waals surface area contributed by atoms with Crippen LogP contribution in [0.25, 0.3) is 0 Å². The molecule has 1 N–H and O–H groups in total. The monoisotopic (exact) mass is 478 g/mol. The molecule has 0 unspecified atom stereocenters. The second kappa shape index (κ2) is 7.62. The molecule has 0 aliphatic rings. The Morgan fingerprint density at radius 2 is 1.88 bits per heavy atom.